The molecule has 2 N–H and O–H groups in total. The van der Waals surface area contributed by atoms with Gasteiger partial charge in [-0.15, -0.1) is 0 Å². The van der Waals surface area contributed by atoms with E-state index in [1.165, 1.54) is 11.3 Å². The lowest BCUT2D eigenvalue weighted by Crippen LogP contribution is -2.44. The van der Waals surface area contributed by atoms with Crippen molar-refractivity contribution in [2.45, 2.75) is 19.9 Å². The Morgan fingerprint density at radius 1 is 1.47 bits per heavy atom. The second kappa shape index (κ2) is 4.11. The van der Waals surface area contributed by atoms with Gasteiger partial charge in [-0.3, -0.25) is 0 Å². The molecule has 0 aromatic heterocycles. The minimum absolute atomic E-state index is 0.430. The summed E-state index contributed by atoms with van der Waals surface area (Å²) in [5.41, 5.74) is 9.17. The fraction of sp³-hybridized carbons (Fsp3) is 0.500. The molecular formula is C12H18N2O. The molecule has 1 saturated heterocycles. The van der Waals surface area contributed by atoms with Crippen LogP contribution in [0.15, 0.2) is 18.2 Å². The fourth-order valence-electron chi connectivity index (χ4n) is 2.02. The zero-order valence-electron chi connectivity index (χ0n) is 9.36. The lowest BCUT2D eigenvalue weighted by Gasteiger charge is -2.36. The number of benzene rings is 1. The topological polar surface area (TPSA) is 38.5 Å². The Morgan fingerprint density at radius 2 is 2.27 bits per heavy atom. The van der Waals surface area contributed by atoms with Crippen molar-refractivity contribution in [1.82, 2.24) is 0 Å². The van der Waals surface area contributed by atoms with Crippen molar-refractivity contribution in [3.05, 3.63) is 23.8 Å². The van der Waals surface area contributed by atoms with Crippen molar-refractivity contribution < 1.29 is 4.74 Å². The predicted molar refractivity (Wildman–Crippen MR) is 63.2 cm³/mol. The van der Waals surface area contributed by atoms with Crippen LogP contribution in [-0.4, -0.2) is 25.8 Å². The van der Waals surface area contributed by atoms with Crippen LogP contribution in [0.1, 0.15) is 12.5 Å². The molecular weight excluding hydrogens is 188 g/mol. The Morgan fingerprint density at radius 3 is 3.00 bits per heavy atom. The highest BCUT2D eigenvalue weighted by Gasteiger charge is 2.20. The fourth-order valence-corrected chi connectivity index (χ4v) is 2.02. The first-order valence-corrected chi connectivity index (χ1v) is 5.39. The molecule has 0 radical (unpaired) electrons. The molecule has 1 aliphatic heterocycles. The smallest absolute Gasteiger partial charge is 0.0668 e. The van der Waals surface area contributed by atoms with Gasteiger partial charge in [-0.25, -0.2) is 0 Å². The molecule has 0 bridgehead atoms. The minimum atomic E-state index is 0.430. The van der Waals surface area contributed by atoms with Gasteiger partial charge in [0.1, 0.15) is 0 Å². The lowest BCUT2D eigenvalue weighted by atomic mass is 10.1. The zero-order chi connectivity index (χ0) is 10.8. The number of rotatable bonds is 1. The Hall–Kier alpha value is -1.22. The van der Waals surface area contributed by atoms with E-state index in [1.807, 2.05) is 6.07 Å². The molecule has 3 heteroatoms. The molecule has 1 aromatic carbocycles. The van der Waals surface area contributed by atoms with Crippen LogP contribution in [0.5, 0.6) is 0 Å². The van der Waals surface area contributed by atoms with Crippen LogP contribution in [0.4, 0.5) is 11.4 Å². The third kappa shape index (κ3) is 2.07. The largest absolute Gasteiger partial charge is 0.399 e. The quantitative estimate of drug-likeness (QED) is 0.712. The van der Waals surface area contributed by atoms with Gasteiger partial charge >= 0.3 is 0 Å². The summed E-state index contributed by atoms with van der Waals surface area (Å²) in [5.74, 6) is 0. The van der Waals surface area contributed by atoms with Gasteiger partial charge in [-0.1, -0.05) is 6.07 Å². The van der Waals surface area contributed by atoms with Gasteiger partial charge < -0.3 is 15.4 Å². The number of anilines is 2. The molecule has 1 aromatic rings. The van der Waals surface area contributed by atoms with E-state index in [2.05, 4.69) is 30.9 Å². The monoisotopic (exact) mass is 206 g/mol. The van der Waals surface area contributed by atoms with E-state index in [9.17, 15) is 0 Å². The Bertz CT molecular complexity index is 351. The van der Waals surface area contributed by atoms with Crippen molar-refractivity contribution in [1.29, 1.82) is 0 Å². The summed E-state index contributed by atoms with van der Waals surface area (Å²) < 4.78 is 5.43. The van der Waals surface area contributed by atoms with Crippen LogP contribution >= 0.6 is 0 Å². The van der Waals surface area contributed by atoms with Crippen LogP contribution in [0.2, 0.25) is 0 Å². The van der Waals surface area contributed by atoms with E-state index in [0.29, 0.717) is 6.04 Å². The number of hydrogen-bond donors (Lipinski definition) is 1. The van der Waals surface area contributed by atoms with Crippen LogP contribution in [0.3, 0.4) is 0 Å². The SMILES string of the molecule is Cc1ccc(N)cc1N1CCOCC1C. The number of nitrogens with two attached hydrogens (primary N) is 1. The highest BCUT2D eigenvalue weighted by Crippen LogP contribution is 2.25. The summed E-state index contributed by atoms with van der Waals surface area (Å²) in [5, 5.41) is 0. The number of nitrogen functional groups attached to an aromatic ring is 1. The van der Waals surface area contributed by atoms with Gasteiger partial charge in [0.15, 0.2) is 0 Å². The van der Waals surface area contributed by atoms with E-state index >= 15 is 0 Å². The van der Waals surface area contributed by atoms with E-state index < -0.39 is 0 Å². The average molecular weight is 206 g/mol. The molecule has 3 nitrogen and oxygen atoms in total. The van der Waals surface area contributed by atoms with Gasteiger partial charge in [0.25, 0.3) is 0 Å². The first kappa shape index (κ1) is 10.3. The molecule has 0 saturated carbocycles. The molecule has 2 rings (SSSR count). The molecule has 1 unspecified atom stereocenters. The maximum Gasteiger partial charge on any atom is 0.0668 e. The lowest BCUT2D eigenvalue weighted by molar-refractivity contribution is 0.0989. The number of hydrogen-bond acceptors (Lipinski definition) is 3. The van der Waals surface area contributed by atoms with Gasteiger partial charge in [-0.2, -0.15) is 0 Å². The predicted octanol–water partition coefficient (Wildman–Crippen LogP) is 1.80. The van der Waals surface area contributed by atoms with Crippen molar-refractivity contribution in [3.8, 4) is 0 Å². The highest BCUT2D eigenvalue weighted by molar-refractivity contribution is 5.61. The van der Waals surface area contributed by atoms with Crippen LogP contribution < -0.4 is 10.6 Å². The van der Waals surface area contributed by atoms with E-state index in [0.717, 1.165) is 25.4 Å². The second-order valence-corrected chi connectivity index (χ2v) is 4.16. The van der Waals surface area contributed by atoms with E-state index in [4.69, 9.17) is 10.5 Å². The third-order valence-corrected chi connectivity index (χ3v) is 2.91. The molecule has 15 heavy (non-hydrogen) atoms. The van der Waals surface area contributed by atoms with Gasteiger partial charge in [0.05, 0.1) is 13.2 Å². The number of ether oxygens (including phenoxy) is 1. The summed E-state index contributed by atoms with van der Waals surface area (Å²) in [6, 6.07) is 6.51. The number of morpholine rings is 1. The first-order chi connectivity index (χ1) is 7.18. The summed E-state index contributed by atoms with van der Waals surface area (Å²) in [6.45, 7) is 6.86. The molecule has 1 aliphatic rings. The second-order valence-electron chi connectivity index (χ2n) is 4.16. The molecule has 1 fully saturated rings. The van der Waals surface area contributed by atoms with E-state index in [-0.39, 0.29) is 0 Å². The maximum absolute atomic E-state index is 5.82. The average Bonchev–Trinajstić information content (AvgIpc) is 2.23. The summed E-state index contributed by atoms with van der Waals surface area (Å²) in [6.07, 6.45) is 0. The molecule has 82 valence electrons. The Balaban J connectivity index is 2.30. The Kier molecular flexibility index (Phi) is 2.82. The van der Waals surface area contributed by atoms with Crippen molar-refractivity contribution >= 4 is 11.4 Å². The van der Waals surface area contributed by atoms with Crippen molar-refractivity contribution in [3.63, 3.8) is 0 Å². The van der Waals surface area contributed by atoms with Gasteiger partial charge in [-0.05, 0) is 31.5 Å². The normalized spacial score (nSPS) is 21.7. The number of aryl methyl sites for hydroxylation is 1. The van der Waals surface area contributed by atoms with Crippen LogP contribution in [0, 0.1) is 6.92 Å². The van der Waals surface area contributed by atoms with Crippen molar-refractivity contribution in [2.24, 2.45) is 0 Å². The van der Waals surface area contributed by atoms with Gasteiger partial charge in [0, 0.05) is 24.0 Å². The number of nitrogens with zero attached hydrogens (tertiary/aromatic N) is 1. The highest BCUT2D eigenvalue weighted by atomic mass is 16.5. The van der Waals surface area contributed by atoms with Gasteiger partial charge in [0.2, 0.25) is 0 Å². The molecule has 0 amide bonds. The van der Waals surface area contributed by atoms with Crippen LogP contribution in [-0.2, 0) is 4.74 Å². The first-order valence-electron chi connectivity index (χ1n) is 5.39. The molecule has 1 heterocycles. The van der Waals surface area contributed by atoms with E-state index in [1.54, 1.807) is 0 Å². The van der Waals surface area contributed by atoms with Crippen LogP contribution in [0.25, 0.3) is 0 Å². The summed E-state index contributed by atoms with van der Waals surface area (Å²) in [4.78, 5) is 2.37. The maximum atomic E-state index is 5.82. The molecule has 0 spiro atoms. The standard InChI is InChI=1S/C12H18N2O/c1-9-3-4-11(13)7-12(9)14-5-6-15-8-10(14)2/h3-4,7,10H,5-6,8,13H2,1-2H3. The van der Waals surface area contributed by atoms with Crippen molar-refractivity contribution in [2.75, 3.05) is 30.4 Å². The Labute approximate surface area is 90.8 Å². The summed E-state index contributed by atoms with van der Waals surface area (Å²) in [7, 11) is 0. The molecule has 1 atom stereocenters. The molecule has 0 aliphatic carbocycles. The third-order valence-electron chi connectivity index (χ3n) is 2.91. The zero-order valence-corrected chi connectivity index (χ0v) is 9.36. The minimum Gasteiger partial charge on any atom is -0.399 e. The summed E-state index contributed by atoms with van der Waals surface area (Å²) >= 11 is 0.